The lowest BCUT2D eigenvalue weighted by molar-refractivity contribution is -0.128. The third-order valence-corrected chi connectivity index (χ3v) is 14.9. The van der Waals surface area contributed by atoms with Crippen LogP contribution in [0, 0.1) is 24.2 Å². The molecule has 0 radical (unpaired) electrons. The first-order chi connectivity index (χ1) is 31.8. The summed E-state index contributed by atoms with van der Waals surface area (Å²) in [4.78, 5) is 29.0. The quantitative estimate of drug-likeness (QED) is 0.0700. The molecule has 1 aromatic heterocycles. The van der Waals surface area contributed by atoms with E-state index in [1.165, 1.54) is 62.6 Å². The van der Waals surface area contributed by atoms with Crippen LogP contribution in [0.15, 0.2) is 46.5 Å². The van der Waals surface area contributed by atoms with Crippen molar-refractivity contribution in [3.05, 3.63) is 64.7 Å². The molecule has 0 fully saturated rings. The van der Waals surface area contributed by atoms with Gasteiger partial charge in [0.2, 0.25) is 5.82 Å². The number of fused-ring (bicyclic) bond motifs is 1. The number of aromatic nitrogens is 3. The molecule has 1 aliphatic heterocycles. The number of rotatable bonds is 29. The number of unbranched alkanes of at least 4 members (excludes halogenated alkanes) is 5. The van der Waals surface area contributed by atoms with Gasteiger partial charge in [-0.15, -0.1) is 9.89 Å². The molecule has 2 aromatic carbocycles. The minimum Gasteiger partial charge on any atom is -0.480 e. The number of nitrogens with one attached hydrogen (secondary N) is 1. The highest BCUT2D eigenvalue weighted by molar-refractivity contribution is 6.50. The van der Waals surface area contributed by atoms with Crippen molar-refractivity contribution < 1.29 is 9.53 Å². The molecular formula is C58H95N7O2. The number of benzene rings is 2. The summed E-state index contributed by atoms with van der Waals surface area (Å²) >= 11 is 0. The van der Waals surface area contributed by atoms with Gasteiger partial charge in [0.15, 0.2) is 11.9 Å². The second kappa shape index (κ2) is 25.6. The van der Waals surface area contributed by atoms with Gasteiger partial charge in [0.1, 0.15) is 11.5 Å². The molecule has 9 heteroatoms. The molecule has 1 amide bonds. The Bertz CT molecular complexity index is 2050. The molecule has 4 unspecified atom stereocenters. The van der Waals surface area contributed by atoms with Crippen molar-refractivity contribution in [3.8, 4) is 5.75 Å². The Hall–Kier alpha value is -4.01. The number of hydrogen-bond acceptors (Lipinski definition) is 7. The molecule has 4 rings (SSSR count). The average molecular weight is 922 g/mol. The lowest BCUT2D eigenvalue weighted by atomic mass is 9.76. The minimum absolute atomic E-state index is 0.0439. The van der Waals surface area contributed by atoms with Crippen LogP contribution in [0.5, 0.6) is 5.75 Å². The Morgan fingerprint density at radius 2 is 1.40 bits per heavy atom. The van der Waals surface area contributed by atoms with Crippen molar-refractivity contribution in [3.63, 3.8) is 0 Å². The fourth-order valence-corrected chi connectivity index (χ4v) is 9.02. The number of ether oxygens (including phenoxy) is 1. The van der Waals surface area contributed by atoms with E-state index in [1.54, 1.807) is 4.79 Å². The third kappa shape index (κ3) is 15.2. The van der Waals surface area contributed by atoms with Crippen LogP contribution in [0.1, 0.15) is 234 Å². The molecule has 0 bridgehead atoms. The second-order valence-electron chi connectivity index (χ2n) is 22.3. The Morgan fingerprint density at radius 1 is 0.776 bits per heavy atom. The van der Waals surface area contributed by atoms with Gasteiger partial charge in [-0.25, -0.2) is 9.98 Å². The second-order valence-corrected chi connectivity index (χ2v) is 22.3. The van der Waals surface area contributed by atoms with E-state index in [0.717, 1.165) is 85.6 Å². The third-order valence-electron chi connectivity index (χ3n) is 14.9. The Balaban J connectivity index is 1.61. The van der Waals surface area contributed by atoms with Gasteiger partial charge in [0.05, 0.1) is 11.4 Å². The van der Waals surface area contributed by atoms with Gasteiger partial charge in [-0.1, -0.05) is 174 Å². The van der Waals surface area contributed by atoms with E-state index >= 15 is 0 Å². The van der Waals surface area contributed by atoms with Crippen molar-refractivity contribution in [1.82, 2.24) is 20.2 Å². The van der Waals surface area contributed by atoms with Crippen LogP contribution >= 0.6 is 0 Å². The van der Waals surface area contributed by atoms with Gasteiger partial charge in [-0.3, -0.25) is 4.79 Å². The van der Waals surface area contributed by atoms with E-state index in [-0.39, 0.29) is 28.1 Å². The normalized spacial score (nSPS) is 15.6. The Kier molecular flexibility index (Phi) is 21.2. The smallest absolute Gasteiger partial charge is 0.261 e. The molecule has 2 heterocycles. The number of carbonyl (C=O) groups excluding carboxylic acids is 1. The van der Waals surface area contributed by atoms with Gasteiger partial charge < -0.3 is 15.0 Å². The molecular weight excluding hydrogens is 827 g/mol. The number of aryl methyl sites for hydroxylation is 1. The Labute approximate surface area is 409 Å². The maximum absolute atomic E-state index is 14.2. The first-order valence-corrected chi connectivity index (χ1v) is 26.9. The molecule has 9 nitrogen and oxygen atoms in total. The Morgan fingerprint density at radius 3 is 1.96 bits per heavy atom. The summed E-state index contributed by atoms with van der Waals surface area (Å²) in [5.41, 5.74) is 7.08. The zero-order chi connectivity index (χ0) is 49.5. The van der Waals surface area contributed by atoms with E-state index in [0.29, 0.717) is 36.5 Å². The molecule has 67 heavy (non-hydrogen) atoms. The summed E-state index contributed by atoms with van der Waals surface area (Å²) < 4.78 is 6.80. The molecule has 0 aliphatic carbocycles. The molecule has 1 N–H and O–H groups in total. The summed E-state index contributed by atoms with van der Waals surface area (Å²) in [5.74, 6) is 3.18. The maximum Gasteiger partial charge on any atom is 0.261 e. The van der Waals surface area contributed by atoms with E-state index in [2.05, 4.69) is 157 Å². The van der Waals surface area contributed by atoms with Crippen LogP contribution in [0.2, 0.25) is 0 Å². The molecule has 3 aromatic rings. The standard InChI is InChI=1S/C58H95N7O2/c1-17-24-27-28-31-50(67-49-35-32-45(57(13,14)22-6)37-47(49)58(15,16)23-7)55(66)59-38-42(9)53-61-54-51(52(56(10,11)12)62-65(54)63-53)60-48-34-33-46(36-41(48)8)64(39-43(20-4)29-25-18-2)40-44(21-5)30-26-19-3/h32-37,42-44,50H,17-31,38-40H2,1-16H3,(H,59,66)/b60-51-. The van der Waals surface area contributed by atoms with E-state index in [1.807, 2.05) is 0 Å². The summed E-state index contributed by atoms with van der Waals surface area (Å²) in [5, 5.41) is 13.2. The number of nitrogens with zero attached hydrogens (tertiary/aromatic N) is 6. The van der Waals surface area contributed by atoms with Gasteiger partial charge in [0, 0.05) is 42.2 Å². The fraction of sp³-hybridized carbons (Fsp3) is 0.707. The molecule has 4 atom stereocenters. The zero-order valence-corrected chi connectivity index (χ0v) is 45.5. The monoisotopic (exact) mass is 922 g/mol. The summed E-state index contributed by atoms with van der Waals surface area (Å²) in [6, 6.07) is 13.4. The number of aliphatic imine (C=N–C) groups is 1. The van der Waals surface area contributed by atoms with Crippen LogP contribution in [-0.4, -0.2) is 57.9 Å². The number of hydrogen-bond donors (Lipinski definition) is 1. The fourth-order valence-electron chi connectivity index (χ4n) is 9.02. The highest BCUT2D eigenvalue weighted by atomic mass is 16.5. The highest BCUT2D eigenvalue weighted by Crippen LogP contribution is 2.39. The first kappa shape index (κ1) is 55.6. The van der Waals surface area contributed by atoms with E-state index < -0.39 is 6.10 Å². The molecule has 1 aliphatic rings. The number of anilines is 1. The first-order valence-electron chi connectivity index (χ1n) is 26.9. The summed E-state index contributed by atoms with van der Waals surface area (Å²) in [7, 11) is 0. The predicted octanol–water partition coefficient (Wildman–Crippen LogP) is 15.2. The van der Waals surface area contributed by atoms with Crippen molar-refractivity contribution >= 4 is 28.7 Å². The minimum atomic E-state index is -0.608. The topological polar surface area (TPSA) is 97.0 Å². The zero-order valence-electron chi connectivity index (χ0n) is 45.5. The van der Waals surface area contributed by atoms with Crippen LogP contribution < -0.4 is 15.0 Å². The lowest BCUT2D eigenvalue weighted by Crippen LogP contribution is -2.40. The summed E-state index contributed by atoms with van der Waals surface area (Å²) in [6.07, 6.45) is 16.3. The SMILES string of the molecule is CCCCCCC(Oc1ccc(C(C)(C)CC)cc1C(C)(C)CC)C(=O)NCC(C)c1nc2n(n1)N=C(C(C)(C)C)/C2=N/c1ccc(N(CC(CC)CCCC)CC(CC)CCCC)cc1C. The molecule has 0 saturated heterocycles. The number of amides is 1. The van der Waals surface area contributed by atoms with Gasteiger partial charge in [0.25, 0.3) is 5.91 Å². The lowest BCUT2D eigenvalue weighted by Gasteiger charge is -2.33. The van der Waals surface area contributed by atoms with Crippen molar-refractivity contribution in [2.75, 3.05) is 24.5 Å². The molecule has 374 valence electrons. The number of carbonyl (C=O) groups is 1. The van der Waals surface area contributed by atoms with Crippen LogP contribution in [0.3, 0.4) is 0 Å². The van der Waals surface area contributed by atoms with Crippen LogP contribution in [0.25, 0.3) is 0 Å². The maximum atomic E-state index is 14.2. The highest BCUT2D eigenvalue weighted by Gasteiger charge is 2.36. The van der Waals surface area contributed by atoms with Gasteiger partial charge >= 0.3 is 0 Å². The largest absolute Gasteiger partial charge is 0.480 e. The van der Waals surface area contributed by atoms with E-state index in [4.69, 9.17) is 24.9 Å². The summed E-state index contributed by atoms with van der Waals surface area (Å²) in [6.45, 7) is 38.4. The van der Waals surface area contributed by atoms with Crippen molar-refractivity contribution in [2.24, 2.45) is 27.3 Å². The van der Waals surface area contributed by atoms with Crippen LogP contribution in [-0.2, 0) is 15.6 Å². The van der Waals surface area contributed by atoms with Crippen molar-refractivity contribution in [1.29, 1.82) is 0 Å². The van der Waals surface area contributed by atoms with Gasteiger partial charge in [-0.05, 0) is 104 Å². The van der Waals surface area contributed by atoms with Gasteiger partial charge in [-0.2, -0.15) is 5.10 Å². The van der Waals surface area contributed by atoms with E-state index in [9.17, 15) is 4.79 Å². The average Bonchev–Trinajstić information content (AvgIpc) is 3.88. The molecule has 0 saturated carbocycles. The predicted molar refractivity (Wildman–Crippen MR) is 286 cm³/mol. The molecule has 0 spiro atoms. The van der Waals surface area contributed by atoms with Crippen molar-refractivity contribution in [2.45, 2.75) is 230 Å². The van der Waals surface area contributed by atoms with Crippen LogP contribution in [0.4, 0.5) is 11.4 Å².